The summed E-state index contributed by atoms with van der Waals surface area (Å²) in [6, 6.07) is 16.5. The maximum absolute atomic E-state index is 12.7. The summed E-state index contributed by atoms with van der Waals surface area (Å²) in [5.41, 5.74) is 3.18. The summed E-state index contributed by atoms with van der Waals surface area (Å²) in [6.45, 7) is 6.16. The first-order valence-electron chi connectivity index (χ1n) is 10.8. The van der Waals surface area contributed by atoms with E-state index in [2.05, 4.69) is 26.0 Å². The number of aryl methyl sites for hydroxylation is 2. The number of anilines is 2. The first-order valence-corrected chi connectivity index (χ1v) is 13.1. The SMILES string of the molecule is CCOc1ccc(NS(=O)(=O)c2ccc(OCC(=O)Nc3c(C)cc(Br)cc3CC)cc2)cc1. The first-order chi connectivity index (χ1) is 16.2. The van der Waals surface area contributed by atoms with E-state index >= 15 is 0 Å². The van der Waals surface area contributed by atoms with Gasteiger partial charge < -0.3 is 14.8 Å². The van der Waals surface area contributed by atoms with Crippen LogP contribution in [0.3, 0.4) is 0 Å². The molecule has 9 heteroatoms. The van der Waals surface area contributed by atoms with Gasteiger partial charge in [0.25, 0.3) is 15.9 Å². The Balaban J connectivity index is 1.59. The largest absolute Gasteiger partial charge is 0.494 e. The number of hydrogen-bond donors (Lipinski definition) is 2. The highest BCUT2D eigenvalue weighted by molar-refractivity contribution is 9.10. The molecular formula is C25H27BrN2O5S. The third kappa shape index (κ3) is 6.74. The van der Waals surface area contributed by atoms with Crippen molar-refractivity contribution >= 4 is 43.2 Å². The molecule has 2 N–H and O–H groups in total. The van der Waals surface area contributed by atoms with Gasteiger partial charge in [-0.1, -0.05) is 22.9 Å². The zero-order valence-electron chi connectivity index (χ0n) is 19.2. The van der Waals surface area contributed by atoms with Crippen molar-refractivity contribution in [3.8, 4) is 11.5 Å². The molecule has 7 nitrogen and oxygen atoms in total. The molecule has 0 fully saturated rings. The highest BCUT2D eigenvalue weighted by atomic mass is 79.9. The van der Waals surface area contributed by atoms with Crippen molar-refractivity contribution in [1.29, 1.82) is 0 Å². The Morgan fingerprint density at radius 3 is 2.18 bits per heavy atom. The zero-order chi connectivity index (χ0) is 24.7. The molecule has 0 saturated heterocycles. The number of halogens is 1. The molecule has 1 amide bonds. The van der Waals surface area contributed by atoms with Crippen LogP contribution in [0.5, 0.6) is 11.5 Å². The number of hydrogen-bond acceptors (Lipinski definition) is 5. The second-order valence-corrected chi connectivity index (χ2v) is 10.1. The van der Waals surface area contributed by atoms with E-state index in [4.69, 9.17) is 9.47 Å². The molecule has 0 spiro atoms. The lowest BCUT2D eigenvalue weighted by atomic mass is 10.1. The van der Waals surface area contributed by atoms with Gasteiger partial charge in [-0.25, -0.2) is 8.42 Å². The van der Waals surface area contributed by atoms with E-state index in [1.807, 2.05) is 32.9 Å². The van der Waals surface area contributed by atoms with Gasteiger partial charge in [0.05, 0.1) is 11.5 Å². The number of carbonyl (C=O) groups is 1. The van der Waals surface area contributed by atoms with Gasteiger partial charge in [0.15, 0.2) is 6.61 Å². The third-order valence-corrected chi connectivity index (χ3v) is 6.80. The van der Waals surface area contributed by atoms with Gasteiger partial charge in [-0.2, -0.15) is 0 Å². The van der Waals surface area contributed by atoms with E-state index < -0.39 is 10.0 Å². The van der Waals surface area contributed by atoms with Crippen LogP contribution in [-0.4, -0.2) is 27.5 Å². The van der Waals surface area contributed by atoms with E-state index in [0.717, 1.165) is 27.7 Å². The molecule has 0 heterocycles. The fraction of sp³-hybridized carbons (Fsp3) is 0.240. The van der Waals surface area contributed by atoms with Gasteiger partial charge in [-0.3, -0.25) is 9.52 Å². The maximum Gasteiger partial charge on any atom is 0.262 e. The number of amides is 1. The van der Waals surface area contributed by atoms with Crippen LogP contribution in [0, 0.1) is 6.92 Å². The molecule has 0 atom stereocenters. The van der Waals surface area contributed by atoms with Crippen LogP contribution >= 0.6 is 15.9 Å². The highest BCUT2D eigenvalue weighted by Crippen LogP contribution is 2.26. The van der Waals surface area contributed by atoms with Crippen molar-refractivity contribution in [2.45, 2.75) is 32.1 Å². The number of rotatable bonds is 10. The molecule has 3 rings (SSSR count). The molecule has 3 aromatic carbocycles. The standard InChI is InChI=1S/C25H27BrN2O5S/c1-4-18-15-19(26)14-17(3)25(18)27-24(29)16-33-22-10-12-23(13-11-22)34(30,31)28-20-6-8-21(9-7-20)32-5-2/h6-15,28H,4-5,16H2,1-3H3,(H,27,29). The van der Waals surface area contributed by atoms with Gasteiger partial charge in [-0.05, 0) is 92.1 Å². The highest BCUT2D eigenvalue weighted by Gasteiger charge is 2.15. The van der Waals surface area contributed by atoms with Crippen LogP contribution in [0.25, 0.3) is 0 Å². The van der Waals surface area contributed by atoms with Crippen LogP contribution in [0.2, 0.25) is 0 Å². The number of carbonyl (C=O) groups excluding carboxylic acids is 1. The lowest BCUT2D eigenvalue weighted by molar-refractivity contribution is -0.118. The molecule has 0 radical (unpaired) electrons. The summed E-state index contributed by atoms with van der Waals surface area (Å²) < 4.78 is 39.7. The van der Waals surface area contributed by atoms with Crippen molar-refractivity contribution in [3.63, 3.8) is 0 Å². The minimum atomic E-state index is -3.77. The maximum atomic E-state index is 12.7. The number of nitrogens with one attached hydrogen (secondary N) is 2. The van der Waals surface area contributed by atoms with Crippen LogP contribution in [0.15, 0.2) is 70.0 Å². The summed E-state index contributed by atoms with van der Waals surface area (Å²) in [6.07, 6.45) is 0.775. The van der Waals surface area contributed by atoms with Crippen LogP contribution in [0.1, 0.15) is 25.0 Å². The molecule has 0 bridgehead atoms. The third-order valence-electron chi connectivity index (χ3n) is 4.95. The zero-order valence-corrected chi connectivity index (χ0v) is 21.6. The van der Waals surface area contributed by atoms with Crippen LogP contribution in [0.4, 0.5) is 11.4 Å². The van der Waals surface area contributed by atoms with Gasteiger partial charge in [0.1, 0.15) is 11.5 Å². The fourth-order valence-electron chi connectivity index (χ4n) is 3.31. The van der Waals surface area contributed by atoms with E-state index in [1.54, 1.807) is 24.3 Å². The second-order valence-electron chi connectivity index (χ2n) is 7.48. The summed E-state index contributed by atoms with van der Waals surface area (Å²) in [5, 5.41) is 2.90. The Labute approximate surface area is 208 Å². The van der Waals surface area contributed by atoms with Crippen LogP contribution in [-0.2, 0) is 21.2 Å². The van der Waals surface area contributed by atoms with Gasteiger partial charge in [-0.15, -0.1) is 0 Å². The molecule has 0 aliphatic carbocycles. The Morgan fingerprint density at radius 2 is 1.56 bits per heavy atom. The summed E-state index contributed by atoms with van der Waals surface area (Å²) in [7, 11) is -3.77. The van der Waals surface area contributed by atoms with Crippen molar-refractivity contribution in [2.75, 3.05) is 23.3 Å². The molecule has 180 valence electrons. The van der Waals surface area contributed by atoms with E-state index in [-0.39, 0.29) is 17.4 Å². The lowest BCUT2D eigenvalue weighted by Crippen LogP contribution is -2.21. The Kier molecular flexibility index (Phi) is 8.57. The smallest absolute Gasteiger partial charge is 0.262 e. The molecular weight excluding hydrogens is 520 g/mol. The molecule has 3 aromatic rings. The van der Waals surface area contributed by atoms with Crippen LogP contribution < -0.4 is 19.5 Å². The van der Waals surface area contributed by atoms with E-state index in [9.17, 15) is 13.2 Å². The Hall–Kier alpha value is -3.04. The minimum Gasteiger partial charge on any atom is -0.494 e. The van der Waals surface area contributed by atoms with E-state index in [0.29, 0.717) is 23.8 Å². The lowest BCUT2D eigenvalue weighted by Gasteiger charge is -2.14. The van der Waals surface area contributed by atoms with E-state index in [1.165, 1.54) is 24.3 Å². The molecule has 0 aliphatic rings. The number of ether oxygens (including phenoxy) is 2. The van der Waals surface area contributed by atoms with Gasteiger partial charge in [0.2, 0.25) is 0 Å². The molecule has 0 aromatic heterocycles. The predicted octanol–water partition coefficient (Wildman–Crippen LogP) is 5.54. The molecule has 0 aliphatic heterocycles. The topological polar surface area (TPSA) is 93.7 Å². The quantitative estimate of drug-likeness (QED) is 0.348. The number of sulfonamides is 1. The Morgan fingerprint density at radius 1 is 0.941 bits per heavy atom. The van der Waals surface area contributed by atoms with Crippen molar-refractivity contribution < 1.29 is 22.7 Å². The normalized spacial score (nSPS) is 11.1. The average Bonchev–Trinajstić information content (AvgIpc) is 2.81. The molecule has 0 saturated carbocycles. The first kappa shape index (κ1) is 25.6. The van der Waals surface area contributed by atoms with Crippen molar-refractivity contribution in [3.05, 3.63) is 76.3 Å². The summed E-state index contributed by atoms with van der Waals surface area (Å²) in [5.74, 6) is 0.754. The minimum absolute atomic E-state index is 0.0799. The van der Waals surface area contributed by atoms with Crippen molar-refractivity contribution in [2.24, 2.45) is 0 Å². The average molecular weight is 547 g/mol. The fourth-order valence-corrected chi connectivity index (χ4v) is 4.99. The summed E-state index contributed by atoms with van der Waals surface area (Å²) in [4.78, 5) is 12.5. The molecule has 0 unspecified atom stereocenters. The van der Waals surface area contributed by atoms with Gasteiger partial charge >= 0.3 is 0 Å². The van der Waals surface area contributed by atoms with Crippen molar-refractivity contribution in [1.82, 2.24) is 0 Å². The second kappa shape index (κ2) is 11.4. The summed E-state index contributed by atoms with van der Waals surface area (Å²) >= 11 is 3.47. The predicted molar refractivity (Wildman–Crippen MR) is 137 cm³/mol. The Bertz CT molecular complexity index is 1240. The molecule has 34 heavy (non-hydrogen) atoms. The monoisotopic (exact) mass is 546 g/mol. The van der Waals surface area contributed by atoms with Gasteiger partial charge in [0, 0.05) is 15.8 Å². The number of benzene rings is 3.